The molecule has 0 saturated carbocycles. The summed E-state index contributed by atoms with van der Waals surface area (Å²) in [5.41, 5.74) is 0.740. The van der Waals surface area contributed by atoms with Crippen molar-refractivity contribution in [2.45, 2.75) is 19.8 Å². The van der Waals surface area contributed by atoms with Crippen LogP contribution in [0.5, 0.6) is 0 Å². The van der Waals surface area contributed by atoms with Crippen LogP contribution in [0.15, 0.2) is 39.5 Å². The predicted octanol–water partition coefficient (Wildman–Crippen LogP) is 2.00. The van der Waals surface area contributed by atoms with Crippen LogP contribution < -0.4 is 5.32 Å². The van der Waals surface area contributed by atoms with Crippen molar-refractivity contribution >= 4 is 11.7 Å². The second kappa shape index (κ2) is 6.17. The molecule has 8 heteroatoms. The molecule has 3 aromatic rings. The van der Waals surface area contributed by atoms with Gasteiger partial charge >= 0.3 is 0 Å². The van der Waals surface area contributed by atoms with Crippen molar-refractivity contribution in [1.29, 1.82) is 0 Å². The summed E-state index contributed by atoms with van der Waals surface area (Å²) in [6.07, 6.45) is 3.85. The molecule has 112 valence electrons. The van der Waals surface area contributed by atoms with E-state index < -0.39 is 0 Å². The number of hydrogen-bond donors (Lipinski definition) is 1. The Hall–Kier alpha value is -3.03. The van der Waals surface area contributed by atoms with E-state index in [9.17, 15) is 4.79 Å². The van der Waals surface area contributed by atoms with Gasteiger partial charge in [-0.15, -0.1) is 10.2 Å². The maximum Gasteiger partial charge on any atom is 0.249 e. The minimum Gasteiger partial charge on any atom is -0.421 e. The van der Waals surface area contributed by atoms with Gasteiger partial charge in [-0.05, 0) is 19.1 Å². The van der Waals surface area contributed by atoms with Gasteiger partial charge in [0.2, 0.25) is 17.7 Å². The van der Waals surface area contributed by atoms with Gasteiger partial charge in [0.05, 0.1) is 5.56 Å². The first-order chi connectivity index (χ1) is 10.7. The second-order valence-electron chi connectivity index (χ2n) is 4.61. The molecule has 8 nitrogen and oxygen atoms in total. The molecule has 0 aliphatic heterocycles. The molecule has 0 spiro atoms. The zero-order valence-corrected chi connectivity index (χ0v) is 11.8. The third-order valence-electron chi connectivity index (χ3n) is 2.84. The van der Waals surface area contributed by atoms with Gasteiger partial charge in [0.25, 0.3) is 0 Å². The fraction of sp³-hybridized carbons (Fsp3) is 0.214. The first-order valence-corrected chi connectivity index (χ1v) is 6.66. The van der Waals surface area contributed by atoms with Crippen LogP contribution in [0.3, 0.4) is 0 Å². The maximum atomic E-state index is 11.8. The molecule has 1 amide bonds. The highest BCUT2D eigenvalue weighted by atomic mass is 16.5. The number of pyridine rings is 1. The molecule has 0 fully saturated rings. The minimum atomic E-state index is -0.200. The van der Waals surface area contributed by atoms with Crippen LogP contribution in [-0.2, 0) is 11.2 Å². The maximum absolute atomic E-state index is 11.8. The predicted molar refractivity (Wildman–Crippen MR) is 75.7 cm³/mol. The standard InChI is InChI=1S/C14H13N5O3/c1-9-7-11(19-22-9)16-12(20)4-5-13-17-18-14(21-13)10-3-2-6-15-8-10/h2-3,6-8H,4-5H2,1H3,(H,16,19,20). The Morgan fingerprint density at radius 2 is 2.27 bits per heavy atom. The Morgan fingerprint density at radius 1 is 1.36 bits per heavy atom. The summed E-state index contributed by atoms with van der Waals surface area (Å²) < 4.78 is 10.4. The average Bonchev–Trinajstić information content (AvgIpc) is 3.15. The highest BCUT2D eigenvalue weighted by Crippen LogP contribution is 2.16. The SMILES string of the molecule is Cc1cc(NC(=O)CCc2nnc(-c3cccnc3)o2)no1. The lowest BCUT2D eigenvalue weighted by Gasteiger charge is -1.98. The molecule has 0 unspecified atom stereocenters. The Kier molecular flexibility index (Phi) is 3.90. The Bertz CT molecular complexity index is 766. The van der Waals surface area contributed by atoms with Crippen molar-refractivity contribution in [1.82, 2.24) is 20.3 Å². The van der Waals surface area contributed by atoms with E-state index in [2.05, 4.69) is 25.7 Å². The van der Waals surface area contributed by atoms with E-state index in [-0.39, 0.29) is 12.3 Å². The molecule has 0 aliphatic carbocycles. The van der Waals surface area contributed by atoms with Crippen molar-refractivity contribution in [3.63, 3.8) is 0 Å². The highest BCUT2D eigenvalue weighted by molar-refractivity contribution is 5.89. The Labute approximate surface area is 125 Å². The largest absolute Gasteiger partial charge is 0.421 e. The normalized spacial score (nSPS) is 10.6. The van der Waals surface area contributed by atoms with Crippen molar-refractivity contribution in [2.24, 2.45) is 0 Å². The van der Waals surface area contributed by atoms with Gasteiger partial charge in [-0.25, -0.2) is 0 Å². The summed E-state index contributed by atoms with van der Waals surface area (Å²) in [5.74, 6) is 1.60. The fourth-order valence-corrected chi connectivity index (χ4v) is 1.81. The van der Waals surface area contributed by atoms with Crippen LogP contribution in [0.1, 0.15) is 18.1 Å². The lowest BCUT2D eigenvalue weighted by atomic mass is 10.3. The van der Waals surface area contributed by atoms with E-state index in [1.54, 1.807) is 31.5 Å². The monoisotopic (exact) mass is 299 g/mol. The number of amides is 1. The van der Waals surface area contributed by atoms with Gasteiger partial charge in [-0.3, -0.25) is 9.78 Å². The van der Waals surface area contributed by atoms with Gasteiger partial charge < -0.3 is 14.3 Å². The molecule has 0 saturated heterocycles. The van der Waals surface area contributed by atoms with Crippen LogP contribution in [0.25, 0.3) is 11.5 Å². The number of nitrogens with zero attached hydrogens (tertiary/aromatic N) is 4. The fourth-order valence-electron chi connectivity index (χ4n) is 1.81. The molecule has 1 N–H and O–H groups in total. The summed E-state index contributed by atoms with van der Waals surface area (Å²) in [7, 11) is 0. The molecular weight excluding hydrogens is 286 g/mol. The van der Waals surface area contributed by atoms with E-state index in [0.29, 0.717) is 29.8 Å². The molecule has 0 aromatic carbocycles. The Morgan fingerprint density at radius 3 is 3.00 bits per heavy atom. The third-order valence-corrected chi connectivity index (χ3v) is 2.84. The summed E-state index contributed by atoms with van der Waals surface area (Å²) >= 11 is 0. The first kappa shape index (κ1) is 13.9. The molecule has 3 heterocycles. The summed E-state index contributed by atoms with van der Waals surface area (Å²) in [4.78, 5) is 15.8. The topological polar surface area (TPSA) is 107 Å². The van der Waals surface area contributed by atoms with Gasteiger partial charge in [-0.2, -0.15) is 0 Å². The zero-order chi connectivity index (χ0) is 15.4. The number of nitrogens with one attached hydrogen (secondary N) is 1. The van der Waals surface area contributed by atoms with Crippen molar-refractivity contribution in [3.8, 4) is 11.5 Å². The number of rotatable bonds is 5. The molecule has 0 radical (unpaired) electrons. The van der Waals surface area contributed by atoms with Crippen LogP contribution >= 0.6 is 0 Å². The van der Waals surface area contributed by atoms with E-state index in [4.69, 9.17) is 8.94 Å². The molecule has 0 aliphatic rings. The van der Waals surface area contributed by atoms with Crippen LogP contribution in [0.4, 0.5) is 5.82 Å². The molecule has 3 rings (SSSR count). The van der Waals surface area contributed by atoms with Gasteiger partial charge in [0.1, 0.15) is 5.76 Å². The summed E-state index contributed by atoms with van der Waals surface area (Å²) in [6, 6.07) is 5.25. The van der Waals surface area contributed by atoms with Crippen molar-refractivity contribution in [2.75, 3.05) is 5.32 Å². The van der Waals surface area contributed by atoms with Crippen molar-refractivity contribution in [3.05, 3.63) is 42.2 Å². The van der Waals surface area contributed by atoms with E-state index >= 15 is 0 Å². The number of aryl methyl sites for hydroxylation is 2. The van der Waals surface area contributed by atoms with Crippen LogP contribution in [0.2, 0.25) is 0 Å². The Balaban J connectivity index is 1.56. The first-order valence-electron chi connectivity index (χ1n) is 6.66. The third kappa shape index (κ3) is 3.35. The van der Waals surface area contributed by atoms with Gasteiger partial charge in [0, 0.05) is 31.3 Å². The van der Waals surface area contributed by atoms with Gasteiger partial charge in [0.15, 0.2) is 5.82 Å². The number of carbonyl (C=O) groups excluding carboxylic acids is 1. The van der Waals surface area contributed by atoms with Crippen molar-refractivity contribution < 1.29 is 13.7 Å². The second-order valence-corrected chi connectivity index (χ2v) is 4.61. The quantitative estimate of drug-likeness (QED) is 0.767. The number of aromatic nitrogens is 4. The smallest absolute Gasteiger partial charge is 0.249 e. The number of anilines is 1. The van der Waals surface area contributed by atoms with E-state index in [1.807, 2.05) is 6.07 Å². The molecule has 22 heavy (non-hydrogen) atoms. The minimum absolute atomic E-state index is 0.200. The number of carbonyl (C=O) groups is 1. The zero-order valence-electron chi connectivity index (χ0n) is 11.8. The lowest BCUT2D eigenvalue weighted by Crippen LogP contribution is -2.12. The molecule has 3 aromatic heterocycles. The number of hydrogen-bond acceptors (Lipinski definition) is 7. The molecular formula is C14H13N5O3. The van der Waals surface area contributed by atoms with Crippen LogP contribution in [0, 0.1) is 6.92 Å². The highest BCUT2D eigenvalue weighted by Gasteiger charge is 2.11. The van der Waals surface area contributed by atoms with E-state index in [0.717, 1.165) is 5.56 Å². The summed E-state index contributed by atoms with van der Waals surface area (Å²) in [5, 5.41) is 14.2. The molecule has 0 bridgehead atoms. The van der Waals surface area contributed by atoms with Gasteiger partial charge in [-0.1, -0.05) is 5.16 Å². The summed E-state index contributed by atoms with van der Waals surface area (Å²) in [6.45, 7) is 1.75. The van der Waals surface area contributed by atoms with E-state index in [1.165, 1.54) is 0 Å². The average molecular weight is 299 g/mol. The lowest BCUT2D eigenvalue weighted by molar-refractivity contribution is -0.116. The van der Waals surface area contributed by atoms with Crippen LogP contribution in [-0.4, -0.2) is 26.2 Å². The molecule has 0 atom stereocenters.